The van der Waals surface area contributed by atoms with Crippen molar-refractivity contribution < 1.29 is 9.59 Å². The van der Waals surface area contributed by atoms with Crippen LogP contribution < -0.4 is 11.1 Å². The van der Waals surface area contributed by atoms with Gasteiger partial charge in [-0.05, 0) is 48.9 Å². The molecule has 0 radical (unpaired) electrons. The third kappa shape index (κ3) is 7.75. The minimum atomic E-state index is -0.0286. The van der Waals surface area contributed by atoms with Gasteiger partial charge >= 0.3 is 0 Å². The molecule has 26 heavy (non-hydrogen) atoms. The third-order valence-corrected chi connectivity index (χ3v) is 4.34. The highest BCUT2D eigenvalue weighted by molar-refractivity contribution is 5.96. The lowest BCUT2D eigenvalue weighted by atomic mass is 10.0. The van der Waals surface area contributed by atoms with E-state index < -0.39 is 0 Å². The zero-order chi connectivity index (χ0) is 19.1. The van der Waals surface area contributed by atoms with Crippen LogP contribution in [0, 0.1) is 18.8 Å². The van der Waals surface area contributed by atoms with Crippen LogP contribution >= 0.6 is 12.4 Å². The second kappa shape index (κ2) is 11.2. The molecule has 1 aromatic carbocycles. The van der Waals surface area contributed by atoms with Crippen molar-refractivity contribution in [3.8, 4) is 0 Å². The van der Waals surface area contributed by atoms with E-state index >= 15 is 0 Å². The van der Waals surface area contributed by atoms with Gasteiger partial charge in [0.05, 0.1) is 0 Å². The third-order valence-electron chi connectivity index (χ3n) is 4.34. The molecule has 148 valence electrons. The molecule has 0 spiro atoms. The number of anilines is 1. The highest BCUT2D eigenvalue weighted by atomic mass is 35.5. The van der Waals surface area contributed by atoms with Crippen molar-refractivity contribution in [1.29, 1.82) is 0 Å². The lowest BCUT2D eigenvalue weighted by Crippen LogP contribution is -2.34. The summed E-state index contributed by atoms with van der Waals surface area (Å²) in [5, 5.41) is 2.91. The lowest BCUT2D eigenvalue weighted by Gasteiger charge is -2.22. The van der Waals surface area contributed by atoms with Gasteiger partial charge in [-0.1, -0.05) is 27.7 Å². The fraction of sp³-hybridized carbons (Fsp3) is 0.600. The van der Waals surface area contributed by atoms with Crippen molar-refractivity contribution in [3.63, 3.8) is 0 Å². The maximum absolute atomic E-state index is 12.6. The van der Waals surface area contributed by atoms with Gasteiger partial charge in [0, 0.05) is 37.3 Å². The standard InChI is InChI=1S/C20H33N3O2.ClH/c1-13(2)11-19(24)22-18-8-7-16(12-15(18)5)20(25)23(6)10-9-17(21)14(3)4;/h7-8,12-14,17H,9-11,21H2,1-6H3,(H,22,24);1H. The summed E-state index contributed by atoms with van der Waals surface area (Å²) in [6.45, 7) is 10.7. The first-order chi connectivity index (χ1) is 11.6. The van der Waals surface area contributed by atoms with Crippen molar-refractivity contribution in [1.82, 2.24) is 4.90 Å². The summed E-state index contributed by atoms with van der Waals surface area (Å²) in [6, 6.07) is 5.48. The summed E-state index contributed by atoms with van der Waals surface area (Å²) in [5.41, 5.74) is 8.32. The molecule has 1 rings (SSSR count). The summed E-state index contributed by atoms with van der Waals surface area (Å²) >= 11 is 0. The molecule has 1 unspecified atom stereocenters. The molecule has 0 aliphatic rings. The van der Waals surface area contributed by atoms with Crippen molar-refractivity contribution in [3.05, 3.63) is 29.3 Å². The number of aryl methyl sites for hydroxylation is 1. The zero-order valence-corrected chi connectivity index (χ0v) is 17.7. The van der Waals surface area contributed by atoms with Gasteiger partial charge < -0.3 is 16.0 Å². The molecule has 0 aliphatic heterocycles. The fourth-order valence-electron chi connectivity index (χ4n) is 2.51. The van der Waals surface area contributed by atoms with Crippen LogP contribution in [0.1, 0.15) is 56.5 Å². The summed E-state index contributed by atoms with van der Waals surface area (Å²) in [5.74, 6) is 0.683. The van der Waals surface area contributed by atoms with Crippen LogP contribution in [0.2, 0.25) is 0 Å². The number of amides is 2. The Kier molecular flexibility index (Phi) is 10.5. The van der Waals surface area contributed by atoms with E-state index in [0.717, 1.165) is 17.7 Å². The van der Waals surface area contributed by atoms with Crippen LogP contribution in [0.3, 0.4) is 0 Å². The molecule has 1 aromatic rings. The van der Waals surface area contributed by atoms with Gasteiger partial charge in [0.15, 0.2) is 0 Å². The quantitative estimate of drug-likeness (QED) is 0.715. The molecule has 0 bridgehead atoms. The van der Waals surface area contributed by atoms with E-state index in [4.69, 9.17) is 5.73 Å². The number of nitrogens with one attached hydrogen (secondary N) is 1. The van der Waals surface area contributed by atoms with E-state index in [9.17, 15) is 9.59 Å². The van der Waals surface area contributed by atoms with Crippen molar-refractivity contribution in [2.24, 2.45) is 17.6 Å². The Morgan fingerprint density at radius 2 is 1.81 bits per heavy atom. The number of rotatable bonds is 8. The van der Waals surface area contributed by atoms with Gasteiger partial charge in [0.1, 0.15) is 0 Å². The number of nitrogens with two attached hydrogens (primary N) is 1. The molecule has 0 aromatic heterocycles. The molecule has 0 saturated heterocycles. The Morgan fingerprint density at radius 3 is 2.31 bits per heavy atom. The number of nitrogens with zero attached hydrogens (tertiary/aromatic N) is 1. The monoisotopic (exact) mass is 383 g/mol. The average Bonchev–Trinajstić information content (AvgIpc) is 2.52. The second-order valence-electron chi connectivity index (χ2n) is 7.60. The summed E-state index contributed by atoms with van der Waals surface area (Å²) < 4.78 is 0. The predicted octanol–water partition coefficient (Wildman–Crippen LogP) is 3.85. The number of carbonyl (C=O) groups is 2. The molecular weight excluding hydrogens is 350 g/mol. The number of hydrogen-bond donors (Lipinski definition) is 2. The molecule has 0 saturated carbocycles. The number of halogens is 1. The normalized spacial score (nSPS) is 11.9. The van der Waals surface area contributed by atoms with E-state index in [2.05, 4.69) is 19.2 Å². The highest BCUT2D eigenvalue weighted by Crippen LogP contribution is 2.18. The van der Waals surface area contributed by atoms with Crippen LogP contribution in [-0.2, 0) is 4.79 Å². The molecule has 0 aliphatic carbocycles. The Bertz CT molecular complexity index is 603. The maximum Gasteiger partial charge on any atom is 0.253 e. The first-order valence-electron chi connectivity index (χ1n) is 9.03. The van der Waals surface area contributed by atoms with Crippen molar-refractivity contribution >= 4 is 29.9 Å². The molecule has 6 heteroatoms. The summed E-state index contributed by atoms with van der Waals surface area (Å²) in [4.78, 5) is 26.2. The largest absolute Gasteiger partial charge is 0.342 e. The summed E-state index contributed by atoms with van der Waals surface area (Å²) in [7, 11) is 1.79. The van der Waals surface area contributed by atoms with Gasteiger partial charge in [-0.3, -0.25) is 9.59 Å². The van der Waals surface area contributed by atoms with Gasteiger partial charge in [-0.2, -0.15) is 0 Å². The second-order valence-corrected chi connectivity index (χ2v) is 7.60. The molecule has 5 nitrogen and oxygen atoms in total. The van der Waals surface area contributed by atoms with E-state index in [0.29, 0.717) is 30.4 Å². The van der Waals surface area contributed by atoms with E-state index in [1.807, 2.05) is 26.8 Å². The summed E-state index contributed by atoms with van der Waals surface area (Å²) in [6.07, 6.45) is 1.27. The Balaban J connectivity index is 0.00000625. The lowest BCUT2D eigenvalue weighted by molar-refractivity contribution is -0.116. The van der Waals surface area contributed by atoms with Crippen LogP contribution in [0.15, 0.2) is 18.2 Å². The van der Waals surface area contributed by atoms with Crippen molar-refractivity contribution in [2.45, 2.75) is 53.5 Å². The SMILES string of the molecule is Cc1cc(C(=O)N(C)CCC(N)C(C)C)ccc1NC(=O)CC(C)C.Cl. The van der Waals surface area contributed by atoms with E-state index in [1.54, 1.807) is 24.1 Å². The molecule has 2 amide bonds. The highest BCUT2D eigenvalue weighted by Gasteiger charge is 2.16. The van der Waals surface area contributed by atoms with E-state index in [-0.39, 0.29) is 30.3 Å². The van der Waals surface area contributed by atoms with E-state index in [1.165, 1.54) is 0 Å². The zero-order valence-electron chi connectivity index (χ0n) is 16.8. The topological polar surface area (TPSA) is 75.4 Å². The predicted molar refractivity (Wildman–Crippen MR) is 111 cm³/mol. The Hall–Kier alpha value is -1.59. The van der Waals surface area contributed by atoms with Crippen molar-refractivity contribution in [2.75, 3.05) is 18.9 Å². The van der Waals surface area contributed by atoms with Gasteiger partial charge in [0.2, 0.25) is 5.91 Å². The maximum atomic E-state index is 12.6. The van der Waals surface area contributed by atoms with Gasteiger partial charge in [0.25, 0.3) is 5.91 Å². The van der Waals surface area contributed by atoms with Crippen LogP contribution in [0.25, 0.3) is 0 Å². The Labute approximate surface area is 164 Å². The van der Waals surface area contributed by atoms with Gasteiger partial charge in [-0.25, -0.2) is 0 Å². The minimum absolute atomic E-state index is 0. The van der Waals surface area contributed by atoms with Gasteiger partial charge in [-0.15, -0.1) is 12.4 Å². The number of carbonyl (C=O) groups excluding carboxylic acids is 2. The molecular formula is C20H34ClN3O2. The number of hydrogen-bond acceptors (Lipinski definition) is 3. The Morgan fingerprint density at radius 1 is 1.19 bits per heavy atom. The number of benzene rings is 1. The first-order valence-corrected chi connectivity index (χ1v) is 9.03. The molecule has 0 fully saturated rings. The molecule has 3 N–H and O–H groups in total. The average molecular weight is 384 g/mol. The van der Waals surface area contributed by atoms with Crippen LogP contribution in [0.4, 0.5) is 5.69 Å². The first kappa shape index (κ1) is 24.4. The smallest absolute Gasteiger partial charge is 0.253 e. The minimum Gasteiger partial charge on any atom is -0.342 e. The molecule has 0 heterocycles. The van der Waals surface area contributed by atoms with Crippen LogP contribution in [0.5, 0.6) is 0 Å². The van der Waals surface area contributed by atoms with Crippen LogP contribution in [-0.4, -0.2) is 36.3 Å². The fourth-order valence-corrected chi connectivity index (χ4v) is 2.51. The molecule has 1 atom stereocenters.